The third-order valence-corrected chi connectivity index (χ3v) is 3.25. The normalized spacial score (nSPS) is 14.0. The minimum Gasteiger partial charge on any atom is -0.465 e. The van der Waals surface area contributed by atoms with Gasteiger partial charge in [-0.2, -0.15) is 0 Å². The number of ketones is 1. The predicted octanol–water partition coefficient (Wildman–Crippen LogP) is 3.75. The summed E-state index contributed by atoms with van der Waals surface area (Å²) in [6.45, 7) is 8.21. The van der Waals surface area contributed by atoms with Crippen molar-refractivity contribution in [2.75, 3.05) is 6.61 Å². The van der Waals surface area contributed by atoms with Crippen molar-refractivity contribution in [2.24, 2.45) is 11.8 Å². The van der Waals surface area contributed by atoms with Crippen molar-refractivity contribution in [3.8, 4) is 0 Å². The summed E-state index contributed by atoms with van der Waals surface area (Å²) in [5.41, 5.74) is 0. The molecule has 0 saturated carbocycles. The molecule has 2 unspecified atom stereocenters. The van der Waals surface area contributed by atoms with Crippen LogP contribution in [0, 0.1) is 11.8 Å². The molecule has 0 aromatic carbocycles. The fourth-order valence-electron chi connectivity index (χ4n) is 2.22. The summed E-state index contributed by atoms with van der Waals surface area (Å²) < 4.78 is 5.28. The molecule has 0 aliphatic rings. The SMILES string of the molecule is CCCCOC(=O)C(CCC)C(CCC)C(C)=O. The van der Waals surface area contributed by atoms with Crippen molar-refractivity contribution >= 4 is 11.8 Å². The molecule has 2 atom stereocenters. The van der Waals surface area contributed by atoms with Gasteiger partial charge in [0.25, 0.3) is 0 Å². The summed E-state index contributed by atoms with van der Waals surface area (Å²) in [6, 6.07) is 0. The van der Waals surface area contributed by atoms with Gasteiger partial charge in [0, 0.05) is 5.92 Å². The number of Topliss-reactive ketones (excluding diaryl/α,β-unsaturated/α-hetero) is 1. The number of carbonyl (C=O) groups is 2. The van der Waals surface area contributed by atoms with E-state index in [-0.39, 0.29) is 23.6 Å². The van der Waals surface area contributed by atoms with Crippen LogP contribution in [0.2, 0.25) is 0 Å². The zero-order valence-electron chi connectivity index (χ0n) is 12.3. The Morgan fingerprint density at radius 3 is 1.94 bits per heavy atom. The van der Waals surface area contributed by atoms with Crippen LogP contribution in [0.15, 0.2) is 0 Å². The van der Waals surface area contributed by atoms with E-state index in [2.05, 4.69) is 6.92 Å². The molecular formula is C15H28O3. The Morgan fingerprint density at radius 1 is 0.944 bits per heavy atom. The average Bonchev–Trinajstić information content (AvgIpc) is 2.33. The van der Waals surface area contributed by atoms with Gasteiger partial charge in [0.2, 0.25) is 0 Å². The number of ether oxygens (including phenoxy) is 1. The number of hydrogen-bond donors (Lipinski definition) is 0. The molecule has 0 aliphatic carbocycles. The number of carbonyl (C=O) groups excluding carboxylic acids is 2. The summed E-state index contributed by atoms with van der Waals surface area (Å²) in [5, 5.41) is 0. The van der Waals surface area contributed by atoms with Gasteiger partial charge in [-0.1, -0.05) is 40.0 Å². The number of hydrogen-bond acceptors (Lipinski definition) is 3. The molecule has 0 radical (unpaired) electrons. The Balaban J connectivity index is 4.57. The summed E-state index contributed by atoms with van der Waals surface area (Å²) in [4.78, 5) is 23.7. The molecule has 3 heteroatoms. The number of esters is 1. The van der Waals surface area contributed by atoms with Crippen LogP contribution >= 0.6 is 0 Å². The summed E-state index contributed by atoms with van der Waals surface area (Å²) in [5.74, 6) is -0.477. The molecule has 0 aliphatic heterocycles. The highest BCUT2D eigenvalue weighted by Crippen LogP contribution is 2.25. The molecule has 0 rings (SSSR count). The minimum absolute atomic E-state index is 0.114. The van der Waals surface area contributed by atoms with Crippen LogP contribution in [0.4, 0.5) is 0 Å². The summed E-state index contributed by atoms with van der Waals surface area (Å²) in [6.07, 6.45) is 5.26. The standard InChI is InChI=1S/C15H28O3/c1-5-8-11-18-15(17)14(10-7-3)13(9-6-2)12(4)16/h13-14H,5-11H2,1-4H3. The van der Waals surface area contributed by atoms with Crippen LogP contribution in [0.25, 0.3) is 0 Å². The highest BCUT2D eigenvalue weighted by molar-refractivity contribution is 5.85. The van der Waals surface area contributed by atoms with Gasteiger partial charge in [0.05, 0.1) is 12.5 Å². The van der Waals surface area contributed by atoms with Gasteiger partial charge < -0.3 is 4.74 Å². The third kappa shape index (κ3) is 6.18. The Kier molecular flexibility index (Phi) is 9.62. The number of rotatable bonds is 10. The largest absolute Gasteiger partial charge is 0.465 e. The van der Waals surface area contributed by atoms with Crippen LogP contribution < -0.4 is 0 Å². The topological polar surface area (TPSA) is 43.4 Å². The number of unbranched alkanes of at least 4 members (excludes halogenated alkanes) is 1. The molecule has 0 N–H and O–H groups in total. The van der Waals surface area contributed by atoms with E-state index in [1.807, 2.05) is 13.8 Å². The monoisotopic (exact) mass is 256 g/mol. The average molecular weight is 256 g/mol. The first-order valence-electron chi connectivity index (χ1n) is 7.25. The molecule has 0 amide bonds. The zero-order valence-corrected chi connectivity index (χ0v) is 12.3. The van der Waals surface area contributed by atoms with Crippen molar-refractivity contribution in [1.82, 2.24) is 0 Å². The van der Waals surface area contributed by atoms with E-state index in [1.165, 1.54) is 0 Å². The fraction of sp³-hybridized carbons (Fsp3) is 0.867. The second kappa shape index (κ2) is 10.1. The highest BCUT2D eigenvalue weighted by Gasteiger charge is 2.31. The molecule has 0 saturated heterocycles. The van der Waals surface area contributed by atoms with Gasteiger partial charge >= 0.3 is 5.97 Å². The van der Waals surface area contributed by atoms with E-state index in [1.54, 1.807) is 6.92 Å². The van der Waals surface area contributed by atoms with Crippen molar-refractivity contribution in [3.63, 3.8) is 0 Å². The maximum absolute atomic E-state index is 12.1. The predicted molar refractivity (Wildman–Crippen MR) is 73.3 cm³/mol. The first kappa shape index (κ1) is 17.1. The van der Waals surface area contributed by atoms with Crippen LogP contribution in [-0.2, 0) is 14.3 Å². The van der Waals surface area contributed by atoms with Crippen molar-refractivity contribution < 1.29 is 14.3 Å². The lowest BCUT2D eigenvalue weighted by Crippen LogP contribution is -2.30. The van der Waals surface area contributed by atoms with Crippen LogP contribution in [0.1, 0.15) is 66.2 Å². The first-order chi connectivity index (χ1) is 8.58. The van der Waals surface area contributed by atoms with Crippen LogP contribution in [0.3, 0.4) is 0 Å². The van der Waals surface area contributed by atoms with E-state index in [0.29, 0.717) is 6.61 Å². The lowest BCUT2D eigenvalue weighted by Gasteiger charge is -2.23. The van der Waals surface area contributed by atoms with Crippen molar-refractivity contribution in [3.05, 3.63) is 0 Å². The molecule has 0 bridgehead atoms. The minimum atomic E-state index is -0.246. The Hall–Kier alpha value is -0.860. The van der Waals surface area contributed by atoms with Crippen LogP contribution in [-0.4, -0.2) is 18.4 Å². The van der Waals surface area contributed by atoms with Crippen molar-refractivity contribution in [2.45, 2.75) is 66.2 Å². The van der Waals surface area contributed by atoms with E-state index < -0.39 is 0 Å². The van der Waals surface area contributed by atoms with Gasteiger partial charge in [0.1, 0.15) is 5.78 Å². The van der Waals surface area contributed by atoms with Gasteiger partial charge in [0.15, 0.2) is 0 Å². The van der Waals surface area contributed by atoms with Gasteiger partial charge in [-0.25, -0.2) is 0 Å². The quantitative estimate of drug-likeness (QED) is 0.441. The lowest BCUT2D eigenvalue weighted by molar-refractivity contribution is -0.153. The second-order valence-electron chi connectivity index (χ2n) is 4.92. The molecule has 0 heterocycles. The van der Waals surface area contributed by atoms with Crippen LogP contribution in [0.5, 0.6) is 0 Å². The van der Waals surface area contributed by atoms with E-state index in [0.717, 1.165) is 38.5 Å². The van der Waals surface area contributed by atoms with Crippen molar-refractivity contribution in [1.29, 1.82) is 0 Å². The van der Waals surface area contributed by atoms with Gasteiger partial charge in [-0.3, -0.25) is 9.59 Å². The Labute approximate surface area is 111 Å². The van der Waals surface area contributed by atoms with Gasteiger partial charge in [-0.15, -0.1) is 0 Å². The first-order valence-corrected chi connectivity index (χ1v) is 7.25. The molecule has 0 spiro atoms. The summed E-state index contributed by atoms with van der Waals surface area (Å²) in [7, 11) is 0. The third-order valence-electron chi connectivity index (χ3n) is 3.25. The molecule has 3 nitrogen and oxygen atoms in total. The highest BCUT2D eigenvalue weighted by atomic mass is 16.5. The van der Waals surface area contributed by atoms with E-state index in [4.69, 9.17) is 4.74 Å². The second-order valence-corrected chi connectivity index (χ2v) is 4.92. The molecular weight excluding hydrogens is 228 g/mol. The maximum Gasteiger partial charge on any atom is 0.309 e. The maximum atomic E-state index is 12.1. The molecule has 18 heavy (non-hydrogen) atoms. The smallest absolute Gasteiger partial charge is 0.309 e. The molecule has 0 aromatic rings. The molecule has 106 valence electrons. The fourth-order valence-corrected chi connectivity index (χ4v) is 2.22. The Bertz CT molecular complexity index is 248. The van der Waals surface area contributed by atoms with E-state index >= 15 is 0 Å². The Morgan fingerprint density at radius 2 is 1.50 bits per heavy atom. The summed E-state index contributed by atoms with van der Waals surface area (Å²) >= 11 is 0. The molecule has 0 aromatic heterocycles. The lowest BCUT2D eigenvalue weighted by atomic mass is 9.83. The zero-order chi connectivity index (χ0) is 14.0. The van der Waals surface area contributed by atoms with E-state index in [9.17, 15) is 9.59 Å². The molecule has 0 fully saturated rings. The van der Waals surface area contributed by atoms with Gasteiger partial charge in [-0.05, 0) is 26.2 Å².